The van der Waals surface area contributed by atoms with Gasteiger partial charge in [0.1, 0.15) is 195 Å². The van der Waals surface area contributed by atoms with Crippen LogP contribution in [0.1, 0.15) is 13.8 Å². The highest BCUT2D eigenvalue weighted by atomic mass is 16.8. The maximum absolute atomic E-state index is 12.8. The van der Waals surface area contributed by atoms with Crippen LogP contribution in [0.15, 0.2) is 0 Å². The van der Waals surface area contributed by atoms with Gasteiger partial charge in [-0.15, -0.1) is 0 Å². The number of ether oxygens (including phenoxy) is 15. The lowest BCUT2D eigenvalue weighted by atomic mass is 9.94. The highest BCUT2D eigenvalue weighted by Gasteiger charge is 2.60. The number of carbonyl (C=O) groups excluding carboxylic acids is 2. The van der Waals surface area contributed by atoms with Crippen LogP contribution in [0.5, 0.6) is 0 Å². The van der Waals surface area contributed by atoms with E-state index in [0.717, 1.165) is 13.8 Å². The summed E-state index contributed by atoms with van der Waals surface area (Å²) in [6.07, 6.45) is -78.5. The molecule has 8 aliphatic rings. The van der Waals surface area contributed by atoms with Gasteiger partial charge >= 0.3 is 0 Å². The summed E-state index contributed by atoms with van der Waals surface area (Å²) < 4.78 is 86.9. The highest BCUT2D eigenvalue weighted by Crippen LogP contribution is 2.39. The second-order valence-electron chi connectivity index (χ2n) is 23.9. The van der Waals surface area contributed by atoms with Crippen molar-refractivity contribution in [1.82, 2.24) is 10.6 Å². The van der Waals surface area contributed by atoms with Crippen molar-refractivity contribution >= 4 is 11.8 Å². The first-order valence-electron chi connectivity index (χ1n) is 30.1. The van der Waals surface area contributed by atoms with E-state index in [1.807, 2.05) is 0 Å². The smallest absolute Gasteiger partial charge is 0.217 e. The van der Waals surface area contributed by atoms with Gasteiger partial charge in [-0.1, -0.05) is 0 Å². The quantitative estimate of drug-likeness (QED) is 0.0427. The van der Waals surface area contributed by atoms with Crippen LogP contribution >= 0.6 is 0 Å². The highest BCUT2D eigenvalue weighted by molar-refractivity contribution is 5.73. The summed E-state index contributed by atoms with van der Waals surface area (Å²) in [7, 11) is 0. The Morgan fingerprint density at radius 1 is 0.274 bits per heavy atom. The zero-order valence-corrected chi connectivity index (χ0v) is 50.4. The number of hydrogen-bond acceptors (Lipinski definition) is 41. The van der Waals surface area contributed by atoms with Gasteiger partial charge in [-0.3, -0.25) is 9.59 Å². The number of aliphatic hydroxyl groups excluding tert-OH is 24. The molecular formula is C52H88N2O41. The minimum Gasteiger partial charge on any atom is -0.394 e. The SMILES string of the molecule is CC(=O)N[C@@H]1[C@@H](O)[C@H](O[C@@H]2O[C@H](CO)[C@@H](O[C@@H]3O[C@H](CO[C@H]4O[C@H](CO)[C@@H](O)[C@H](O[C@H]5O[C@H](CO)[C@@H](O)[C@H](O)[C@@H]5O)[C@@H]4O)[C@@H](O)[C@H](O[C@H]4O[C@H](CO)[C@@H](O)[C@H](O)[C@@H]4O[C@H]4O[C@H](CO)[C@@H](O)[C@H](O)[C@@H]4O[C@H]4O[C@H](CO)[C@@H](O)[C@H](O)[C@@H]4O)[C@@H]3O)[C@H](O)[C@H]2NC(C)=O)[C@@H](CO)O[C@@H]1O. The van der Waals surface area contributed by atoms with Gasteiger partial charge in [-0.2, -0.15) is 0 Å². The van der Waals surface area contributed by atoms with Crippen molar-refractivity contribution in [3.8, 4) is 0 Å². The molecule has 8 saturated heterocycles. The van der Waals surface area contributed by atoms with Crippen LogP contribution in [0.3, 0.4) is 0 Å². The standard InChI is InChI=1S/C52H88N2O41/c1-11(62)53-21-29(70)39(18(8-60)82-45(21)80)90-46-22(54-12(2)63)30(71)40(19(9-61)88-46)91-50-38(79)42(28(69)20(89-50)10-81-47-37(78)41(27(68)17(7-59)83-47)92-48-35(76)31(72)23(64)13(3-55)84-48)93-51-44(34(75)26(67)15(5-57)86-51)95-52-43(33(74)25(66)16(6-58)87-52)94-49-36(77)32(73)24(65)14(4-56)85-49/h13-52,55-61,64-80H,3-10H2,1-2H3,(H,53,62)(H,54,63)/t13-,14-,15-,16-,17-,18-,19-,20-,21-,22-,23-,24-,25-,26-,27-,28-,29-,30-,31+,32+,33+,34+,35+,36+,37+,38+,39-,40-,41+,42+,43+,44+,45+,46+,47+,48-,49-,50+,51-,52-/m1/s1. The predicted molar refractivity (Wildman–Crippen MR) is 288 cm³/mol. The Morgan fingerprint density at radius 2 is 0.568 bits per heavy atom. The second kappa shape index (κ2) is 33.9. The molecule has 0 aliphatic carbocycles. The van der Waals surface area contributed by atoms with Gasteiger partial charge in [-0.25, -0.2) is 0 Å². The summed E-state index contributed by atoms with van der Waals surface area (Å²) in [5.41, 5.74) is 0. The van der Waals surface area contributed by atoms with Gasteiger partial charge in [0, 0.05) is 13.8 Å². The van der Waals surface area contributed by atoms with Crippen molar-refractivity contribution in [3.05, 3.63) is 0 Å². The molecule has 0 radical (unpaired) electrons. The molecule has 0 saturated carbocycles. The number of aliphatic hydroxyl groups is 24. The van der Waals surface area contributed by atoms with Crippen molar-refractivity contribution in [2.75, 3.05) is 52.9 Å². The van der Waals surface area contributed by atoms with Crippen LogP contribution < -0.4 is 10.6 Å². The minimum absolute atomic E-state index is 0.766. The molecule has 8 aliphatic heterocycles. The zero-order valence-electron chi connectivity index (χ0n) is 50.4. The van der Waals surface area contributed by atoms with Crippen LogP contribution in [-0.2, 0) is 80.6 Å². The predicted octanol–water partition coefficient (Wildman–Crippen LogP) is -18.2. The van der Waals surface area contributed by atoms with E-state index in [1.54, 1.807) is 0 Å². The largest absolute Gasteiger partial charge is 0.394 e. The molecule has 8 heterocycles. The summed E-state index contributed by atoms with van der Waals surface area (Å²) in [5.74, 6) is -1.68. The van der Waals surface area contributed by atoms with Crippen molar-refractivity contribution in [2.45, 2.75) is 259 Å². The third kappa shape index (κ3) is 16.8. The Balaban J connectivity index is 1.12. The third-order valence-corrected chi connectivity index (χ3v) is 17.4. The number of carbonyl (C=O) groups is 2. The minimum atomic E-state index is -2.51. The van der Waals surface area contributed by atoms with Crippen LogP contribution in [-0.4, -0.2) is 433 Å². The van der Waals surface area contributed by atoms with Crippen molar-refractivity contribution in [1.29, 1.82) is 0 Å². The zero-order chi connectivity index (χ0) is 69.9. The lowest BCUT2D eigenvalue weighted by Crippen LogP contribution is -2.70. The topological polar surface area (TPSA) is 682 Å². The number of nitrogens with one attached hydrogen (secondary N) is 2. The molecule has 2 amide bonds. The Labute approximate surface area is 536 Å². The van der Waals surface area contributed by atoms with Crippen molar-refractivity contribution < 1.29 is 203 Å². The fourth-order valence-corrected chi connectivity index (χ4v) is 12.1. The molecule has 552 valence electrons. The average Bonchev–Trinajstić information content (AvgIpc) is 0.796. The Hall–Kier alpha value is -2.62. The molecule has 0 aromatic heterocycles. The van der Waals surface area contributed by atoms with Gasteiger partial charge in [0.05, 0.1) is 52.9 Å². The molecule has 8 fully saturated rings. The second-order valence-corrected chi connectivity index (χ2v) is 23.9. The first kappa shape index (κ1) is 78.1. The molecule has 0 bridgehead atoms. The van der Waals surface area contributed by atoms with Crippen LogP contribution in [0.2, 0.25) is 0 Å². The van der Waals surface area contributed by atoms with E-state index >= 15 is 0 Å². The summed E-state index contributed by atoms with van der Waals surface area (Å²) in [6, 6.07) is -3.49. The number of rotatable bonds is 24. The van der Waals surface area contributed by atoms with E-state index < -0.39 is 310 Å². The van der Waals surface area contributed by atoms with Gasteiger partial charge in [0.25, 0.3) is 0 Å². The molecule has 40 atom stereocenters. The molecule has 43 nitrogen and oxygen atoms in total. The summed E-state index contributed by atoms with van der Waals surface area (Å²) in [4.78, 5) is 24.9. The van der Waals surface area contributed by atoms with E-state index in [9.17, 15) is 132 Å². The molecular weight excluding hydrogens is 1310 g/mol. The van der Waals surface area contributed by atoms with Crippen LogP contribution in [0, 0.1) is 0 Å². The van der Waals surface area contributed by atoms with Gasteiger partial charge in [0.15, 0.2) is 50.3 Å². The Bertz CT molecular complexity index is 2380. The first-order chi connectivity index (χ1) is 45.0. The van der Waals surface area contributed by atoms with E-state index in [1.165, 1.54) is 0 Å². The van der Waals surface area contributed by atoms with Crippen molar-refractivity contribution in [3.63, 3.8) is 0 Å². The lowest BCUT2D eigenvalue weighted by molar-refractivity contribution is -0.408. The van der Waals surface area contributed by atoms with E-state index in [-0.39, 0.29) is 0 Å². The van der Waals surface area contributed by atoms with Crippen LogP contribution in [0.25, 0.3) is 0 Å². The average molecular weight is 1400 g/mol. The van der Waals surface area contributed by atoms with Gasteiger partial charge in [0.2, 0.25) is 11.8 Å². The fourth-order valence-electron chi connectivity index (χ4n) is 12.1. The molecule has 43 heteroatoms. The molecule has 26 N–H and O–H groups in total. The third-order valence-electron chi connectivity index (χ3n) is 17.4. The normalized spacial score (nSPS) is 50.8. The number of amides is 2. The first-order valence-corrected chi connectivity index (χ1v) is 30.1. The Kier molecular flexibility index (Phi) is 27.9. The van der Waals surface area contributed by atoms with E-state index in [2.05, 4.69) is 10.6 Å². The van der Waals surface area contributed by atoms with E-state index in [0.29, 0.717) is 0 Å². The number of hydrogen-bond donors (Lipinski definition) is 26. The summed E-state index contributed by atoms with van der Waals surface area (Å²) >= 11 is 0. The molecule has 0 spiro atoms. The van der Waals surface area contributed by atoms with E-state index in [4.69, 9.17) is 71.1 Å². The van der Waals surface area contributed by atoms with Crippen molar-refractivity contribution in [2.24, 2.45) is 0 Å². The van der Waals surface area contributed by atoms with Crippen LogP contribution in [0.4, 0.5) is 0 Å². The van der Waals surface area contributed by atoms with Gasteiger partial charge in [-0.05, 0) is 0 Å². The molecule has 8 rings (SSSR count). The maximum atomic E-state index is 12.8. The molecule has 0 aromatic rings. The fraction of sp³-hybridized carbons (Fsp3) is 0.962. The summed E-state index contributed by atoms with van der Waals surface area (Å²) in [5, 5.41) is 267. The molecule has 95 heavy (non-hydrogen) atoms. The summed E-state index contributed by atoms with van der Waals surface area (Å²) in [6.45, 7) is -6.47. The monoisotopic (exact) mass is 1400 g/mol. The molecule has 0 aromatic carbocycles. The molecule has 0 unspecified atom stereocenters. The Morgan fingerprint density at radius 3 is 1.02 bits per heavy atom. The maximum Gasteiger partial charge on any atom is 0.217 e. The lowest BCUT2D eigenvalue weighted by Gasteiger charge is -2.51. The van der Waals surface area contributed by atoms with Gasteiger partial charge < -0.3 is 204 Å².